The van der Waals surface area contributed by atoms with Gasteiger partial charge in [0.25, 0.3) is 5.91 Å². The Morgan fingerprint density at radius 2 is 1.63 bits per heavy atom. The maximum absolute atomic E-state index is 14.1. The van der Waals surface area contributed by atoms with Crippen LogP contribution in [0.3, 0.4) is 0 Å². The lowest BCUT2D eigenvalue weighted by Crippen LogP contribution is -2.48. The summed E-state index contributed by atoms with van der Waals surface area (Å²) in [5.74, 6) is 0.218. The van der Waals surface area contributed by atoms with E-state index >= 15 is 0 Å². The highest BCUT2D eigenvalue weighted by Crippen LogP contribution is 2.33. The van der Waals surface area contributed by atoms with Gasteiger partial charge in [0.05, 0.1) is 10.6 Å². The number of amidine groups is 1. The molecule has 0 unspecified atom stereocenters. The molecule has 3 aromatic carbocycles. The van der Waals surface area contributed by atoms with E-state index < -0.39 is 0 Å². The third-order valence-corrected chi connectivity index (χ3v) is 7.16. The number of aliphatic imine (C=N–C) groups is 1. The molecule has 0 radical (unpaired) electrons. The lowest BCUT2D eigenvalue weighted by atomic mass is 10.2. The first kappa shape index (κ1) is 23.5. The van der Waals surface area contributed by atoms with E-state index in [1.165, 1.54) is 17.8 Å². The van der Waals surface area contributed by atoms with Gasteiger partial charge in [0.2, 0.25) is 0 Å². The highest BCUT2D eigenvalue weighted by molar-refractivity contribution is 8.18. The van der Waals surface area contributed by atoms with E-state index in [2.05, 4.69) is 9.89 Å². The largest absolute Gasteiger partial charge is 0.488 e. The Hall–Kier alpha value is -3.29. The number of amides is 1. The van der Waals surface area contributed by atoms with Gasteiger partial charge in [0, 0.05) is 36.8 Å². The molecule has 2 aliphatic heterocycles. The number of rotatable bonds is 5. The van der Waals surface area contributed by atoms with Gasteiger partial charge in [-0.1, -0.05) is 54.1 Å². The van der Waals surface area contributed by atoms with Crippen LogP contribution in [0.5, 0.6) is 5.75 Å². The Labute approximate surface area is 212 Å². The SMILES string of the molecule is O=C1N=C(N2CCN(c3ccccc3F)CC2)SC1=Cc1ccccc1OCc1ccc(Cl)cc1. The van der Waals surface area contributed by atoms with Gasteiger partial charge < -0.3 is 14.5 Å². The van der Waals surface area contributed by atoms with Crippen molar-refractivity contribution in [2.45, 2.75) is 6.61 Å². The van der Waals surface area contributed by atoms with E-state index in [1.807, 2.05) is 65.6 Å². The van der Waals surface area contributed by atoms with Gasteiger partial charge in [-0.2, -0.15) is 4.99 Å². The molecule has 5 nitrogen and oxygen atoms in total. The van der Waals surface area contributed by atoms with E-state index in [1.54, 1.807) is 12.1 Å². The highest BCUT2D eigenvalue weighted by Gasteiger charge is 2.29. The molecule has 5 rings (SSSR count). The molecular weight excluding hydrogens is 485 g/mol. The molecule has 2 heterocycles. The number of hydrogen-bond acceptors (Lipinski definition) is 5. The van der Waals surface area contributed by atoms with Crippen molar-refractivity contribution in [1.29, 1.82) is 0 Å². The minimum Gasteiger partial charge on any atom is -0.488 e. The number of thioether (sulfide) groups is 1. The first-order valence-electron chi connectivity index (χ1n) is 11.3. The van der Waals surface area contributed by atoms with Gasteiger partial charge >= 0.3 is 0 Å². The number of anilines is 1. The molecule has 178 valence electrons. The molecule has 1 fully saturated rings. The van der Waals surface area contributed by atoms with E-state index in [9.17, 15) is 9.18 Å². The number of halogens is 2. The summed E-state index contributed by atoms with van der Waals surface area (Å²) < 4.78 is 20.2. The van der Waals surface area contributed by atoms with Crippen LogP contribution in [-0.4, -0.2) is 42.2 Å². The lowest BCUT2D eigenvalue weighted by Gasteiger charge is -2.36. The zero-order valence-corrected chi connectivity index (χ0v) is 20.4. The zero-order valence-electron chi connectivity index (χ0n) is 18.9. The summed E-state index contributed by atoms with van der Waals surface area (Å²) in [5, 5.41) is 1.37. The molecule has 0 bridgehead atoms. The minimum absolute atomic E-state index is 0.217. The summed E-state index contributed by atoms with van der Waals surface area (Å²) in [6.07, 6.45) is 1.83. The molecule has 3 aromatic rings. The number of para-hydroxylation sites is 2. The van der Waals surface area contributed by atoms with Crippen molar-refractivity contribution in [3.8, 4) is 5.75 Å². The lowest BCUT2D eigenvalue weighted by molar-refractivity contribution is -0.113. The van der Waals surface area contributed by atoms with Crippen LogP contribution < -0.4 is 9.64 Å². The molecule has 35 heavy (non-hydrogen) atoms. The van der Waals surface area contributed by atoms with Crippen molar-refractivity contribution < 1.29 is 13.9 Å². The van der Waals surface area contributed by atoms with Crippen molar-refractivity contribution >= 4 is 46.2 Å². The maximum atomic E-state index is 14.1. The smallest absolute Gasteiger partial charge is 0.286 e. The summed E-state index contributed by atoms with van der Waals surface area (Å²) in [5.41, 5.74) is 2.43. The van der Waals surface area contributed by atoms with Crippen molar-refractivity contribution in [3.05, 3.63) is 99.7 Å². The number of piperazine rings is 1. The van der Waals surface area contributed by atoms with E-state index in [0.717, 1.165) is 11.1 Å². The number of hydrogen-bond donors (Lipinski definition) is 0. The summed E-state index contributed by atoms with van der Waals surface area (Å²) in [7, 11) is 0. The van der Waals surface area contributed by atoms with Crippen molar-refractivity contribution in [2.75, 3.05) is 31.1 Å². The quantitative estimate of drug-likeness (QED) is 0.405. The predicted octanol–water partition coefficient (Wildman–Crippen LogP) is 5.85. The molecule has 0 aromatic heterocycles. The molecule has 0 spiro atoms. The van der Waals surface area contributed by atoms with Crippen LogP contribution in [0.25, 0.3) is 6.08 Å². The fraction of sp³-hybridized carbons (Fsp3) is 0.185. The molecule has 0 atom stereocenters. The molecular formula is C27H23ClFN3O2S. The molecule has 0 N–H and O–H groups in total. The van der Waals surface area contributed by atoms with E-state index in [-0.39, 0.29) is 11.7 Å². The Balaban J connectivity index is 1.23. The first-order chi connectivity index (χ1) is 17.1. The van der Waals surface area contributed by atoms with Crippen LogP contribution in [-0.2, 0) is 11.4 Å². The number of nitrogens with zero attached hydrogens (tertiary/aromatic N) is 3. The number of benzene rings is 3. The second kappa shape index (κ2) is 10.5. The molecule has 1 saturated heterocycles. The standard InChI is InChI=1S/C27H23ClFN3O2S/c28-21-11-9-19(10-12-21)18-34-24-8-4-1-5-20(24)17-25-26(33)30-27(35-25)32-15-13-31(14-16-32)23-7-3-2-6-22(23)29/h1-12,17H,13-16,18H2. The normalized spacial score (nSPS) is 17.1. The van der Waals surface area contributed by atoms with Gasteiger partial charge in [-0.15, -0.1) is 0 Å². The Morgan fingerprint density at radius 1 is 0.943 bits per heavy atom. The summed E-state index contributed by atoms with van der Waals surface area (Å²) in [6, 6.07) is 21.9. The van der Waals surface area contributed by atoms with Crippen molar-refractivity contribution in [3.63, 3.8) is 0 Å². The maximum Gasteiger partial charge on any atom is 0.286 e. The predicted molar refractivity (Wildman–Crippen MR) is 140 cm³/mol. The molecule has 2 aliphatic rings. The first-order valence-corrected chi connectivity index (χ1v) is 12.5. The Bertz CT molecular complexity index is 1290. The second-order valence-corrected chi connectivity index (χ2v) is 9.63. The van der Waals surface area contributed by atoms with Gasteiger partial charge in [0.15, 0.2) is 5.17 Å². The van der Waals surface area contributed by atoms with E-state index in [0.29, 0.717) is 59.3 Å². The van der Waals surface area contributed by atoms with Crippen LogP contribution in [0.15, 0.2) is 82.7 Å². The van der Waals surface area contributed by atoms with Gasteiger partial charge in [-0.25, -0.2) is 4.39 Å². The molecule has 0 saturated carbocycles. The van der Waals surface area contributed by atoms with Gasteiger partial charge in [0.1, 0.15) is 18.2 Å². The van der Waals surface area contributed by atoms with Crippen LogP contribution in [0.2, 0.25) is 5.02 Å². The molecule has 0 aliphatic carbocycles. The third kappa shape index (κ3) is 5.52. The summed E-state index contributed by atoms with van der Waals surface area (Å²) in [4.78, 5) is 21.6. The minimum atomic E-state index is -0.256. The summed E-state index contributed by atoms with van der Waals surface area (Å²) in [6.45, 7) is 3.06. The van der Waals surface area contributed by atoms with Crippen LogP contribution in [0.1, 0.15) is 11.1 Å². The van der Waals surface area contributed by atoms with Crippen LogP contribution >= 0.6 is 23.4 Å². The fourth-order valence-electron chi connectivity index (χ4n) is 3.99. The highest BCUT2D eigenvalue weighted by atomic mass is 35.5. The number of carbonyl (C=O) groups excluding carboxylic acids is 1. The average molecular weight is 508 g/mol. The van der Waals surface area contributed by atoms with Crippen LogP contribution in [0.4, 0.5) is 10.1 Å². The Morgan fingerprint density at radius 3 is 2.40 bits per heavy atom. The number of ether oxygens (including phenoxy) is 1. The van der Waals surface area contributed by atoms with E-state index in [4.69, 9.17) is 16.3 Å². The molecule has 8 heteroatoms. The van der Waals surface area contributed by atoms with Crippen molar-refractivity contribution in [1.82, 2.24) is 4.90 Å². The third-order valence-electron chi connectivity index (χ3n) is 5.87. The van der Waals surface area contributed by atoms with Gasteiger partial charge in [-0.3, -0.25) is 4.79 Å². The second-order valence-electron chi connectivity index (χ2n) is 8.19. The average Bonchev–Trinajstić information content (AvgIpc) is 3.25. The fourth-order valence-corrected chi connectivity index (χ4v) is 5.08. The monoisotopic (exact) mass is 507 g/mol. The number of carbonyl (C=O) groups is 1. The topological polar surface area (TPSA) is 45.1 Å². The molecule has 1 amide bonds. The summed E-state index contributed by atoms with van der Waals surface area (Å²) >= 11 is 7.33. The van der Waals surface area contributed by atoms with Crippen LogP contribution in [0, 0.1) is 5.82 Å². The zero-order chi connectivity index (χ0) is 24.2. The Kier molecular flexibility index (Phi) is 7.06. The van der Waals surface area contributed by atoms with Crippen molar-refractivity contribution in [2.24, 2.45) is 4.99 Å². The van der Waals surface area contributed by atoms with Gasteiger partial charge in [-0.05, 0) is 53.7 Å².